The quantitative estimate of drug-likeness (QED) is 0.0894. The maximum absolute atomic E-state index is 13.3. The summed E-state index contributed by atoms with van der Waals surface area (Å²) in [4.78, 5) is 40.4. The molecule has 1 aliphatic rings. The number of rotatable bonds is 20. The molecule has 256 valence electrons. The first-order valence-corrected chi connectivity index (χ1v) is 15.9. The monoisotopic (exact) mass is 639 g/mol. The van der Waals surface area contributed by atoms with Gasteiger partial charge in [-0.1, -0.05) is 33.8 Å². The number of carbonyl (C=O) groups is 2. The Balaban J connectivity index is 2.11. The fourth-order valence-corrected chi connectivity index (χ4v) is 5.89. The molecule has 0 heterocycles. The van der Waals surface area contributed by atoms with E-state index >= 15 is 0 Å². The minimum Gasteiger partial charge on any atom is -0.493 e. The zero-order chi connectivity index (χ0) is 33.5. The van der Waals surface area contributed by atoms with E-state index < -0.39 is 35.3 Å². The first-order valence-electron chi connectivity index (χ1n) is 15.9. The maximum atomic E-state index is 13.3. The van der Waals surface area contributed by atoms with Crippen LogP contribution in [-0.4, -0.2) is 79.0 Å². The van der Waals surface area contributed by atoms with Gasteiger partial charge < -0.3 is 39.9 Å². The number of hydrogen-bond donors (Lipinski definition) is 4. The Kier molecular flexibility index (Phi) is 16.2. The number of carbonyl (C=O) groups excluding carboxylic acids is 1. The Bertz CT molecular complexity index is 1060. The van der Waals surface area contributed by atoms with Crippen LogP contribution >= 0.6 is 0 Å². The summed E-state index contributed by atoms with van der Waals surface area (Å²) in [5.41, 5.74) is 0.998. The molecule has 13 nitrogen and oxygen atoms in total. The molecule has 1 aromatic carbocycles. The SMILES string of the molecule is COCCCOc1cc(C[C@H](C[C@H](NC(=O)O)[C@H](O)C[C@H](C(=O)NC2CCC(O[N+](=O)[O-])CC2)C(C)C)C(C)C)ccc1OC. The normalized spacial score (nSPS) is 19.3. The van der Waals surface area contributed by atoms with E-state index in [-0.39, 0.29) is 36.1 Å². The predicted molar refractivity (Wildman–Crippen MR) is 168 cm³/mol. The molecule has 1 aliphatic carbocycles. The van der Waals surface area contributed by atoms with E-state index in [1.807, 2.05) is 32.0 Å². The highest BCUT2D eigenvalue weighted by atomic mass is 17.0. The molecule has 2 amide bonds. The highest BCUT2D eigenvalue weighted by Gasteiger charge is 2.34. The molecule has 4 atom stereocenters. The minimum absolute atomic E-state index is 0.00846. The topological polar surface area (TPSA) is 179 Å². The molecule has 1 aromatic rings. The van der Waals surface area contributed by atoms with E-state index in [0.717, 1.165) is 12.0 Å². The third-order valence-corrected chi connectivity index (χ3v) is 8.64. The molecule has 0 saturated heterocycles. The van der Waals surface area contributed by atoms with E-state index in [1.54, 1.807) is 14.2 Å². The molecule has 0 unspecified atom stereocenters. The van der Waals surface area contributed by atoms with Gasteiger partial charge in [-0.3, -0.25) is 4.79 Å². The number of aliphatic hydroxyl groups excluding tert-OH is 1. The van der Waals surface area contributed by atoms with Gasteiger partial charge in [0.2, 0.25) is 5.91 Å². The van der Waals surface area contributed by atoms with Gasteiger partial charge in [0.1, 0.15) is 6.10 Å². The van der Waals surface area contributed by atoms with Crippen LogP contribution in [0.2, 0.25) is 0 Å². The van der Waals surface area contributed by atoms with E-state index in [4.69, 9.17) is 14.2 Å². The molecule has 0 radical (unpaired) electrons. The Morgan fingerprint density at radius 3 is 2.27 bits per heavy atom. The zero-order valence-electron chi connectivity index (χ0n) is 27.5. The summed E-state index contributed by atoms with van der Waals surface area (Å²) in [5, 5.41) is 36.4. The Labute approximate surface area is 266 Å². The van der Waals surface area contributed by atoms with Gasteiger partial charge in [0, 0.05) is 32.1 Å². The van der Waals surface area contributed by atoms with E-state index in [0.29, 0.717) is 63.2 Å². The average Bonchev–Trinajstić information content (AvgIpc) is 2.97. The van der Waals surface area contributed by atoms with Gasteiger partial charge in [0.15, 0.2) is 11.5 Å². The van der Waals surface area contributed by atoms with Gasteiger partial charge >= 0.3 is 6.09 Å². The van der Waals surface area contributed by atoms with Crippen molar-refractivity contribution >= 4 is 12.0 Å². The van der Waals surface area contributed by atoms with Gasteiger partial charge in [-0.25, -0.2) is 4.79 Å². The molecule has 0 aromatic heterocycles. The summed E-state index contributed by atoms with van der Waals surface area (Å²) in [5.74, 6) is 0.543. The molecule has 0 aliphatic heterocycles. The van der Waals surface area contributed by atoms with Crippen molar-refractivity contribution in [2.24, 2.45) is 23.7 Å². The van der Waals surface area contributed by atoms with Crippen LogP contribution in [0.25, 0.3) is 0 Å². The summed E-state index contributed by atoms with van der Waals surface area (Å²) in [7, 11) is 3.22. The Morgan fingerprint density at radius 1 is 1.02 bits per heavy atom. The van der Waals surface area contributed by atoms with E-state index in [1.165, 1.54) is 0 Å². The van der Waals surface area contributed by atoms with Gasteiger partial charge in [-0.15, -0.1) is 10.1 Å². The minimum atomic E-state index is -1.24. The second-order valence-electron chi connectivity index (χ2n) is 12.6. The number of carboxylic acid groups (broad SMARTS) is 1. The lowest BCUT2D eigenvalue weighted by Gasteiger charge is -2.33. The van der Waals surface area contributed by atoms with Crippen LogP contribution in [0.1, 0.15) is 78.2 Å². The summed E-state index contributed by atoms with van der Waals surface area (Å²) < 4.78 is 16.5. The second-order valence-corrected chi connectivity index (χ2v) is 12.6. The molecule has 0 bridgehead atoms. The van der Waals surface area contributed by atoms with E-state index in [2.05, 4.69) is 29.3 Å². The van der Waals surface area contributed by atoms with Crippen LogP contribution in [0, 0.1) is 33.8 Å². The summed E-state index contributed by atoms with van der Waals surface area (Å²) in [6.07, 6.45) is 1.06. The van der Waals surface area contributed by atoms with Crippen molar-refractivity contribution in [3.05, 3.63) is 33.9 Å². The summed E-state index contributed by atoms with van der Waals surface area (Å²) in [6.45, 7) is 8.98. The zero-order valence-corrected chi connectivity index (χ0v) is 27.5. The number of methoxy groups -OCH3 is 2. The number of ether oxygens (including phenoxy) is 3. The van der Waals surface area contributed by atoms with Crippen molar-refractivity contribution < 1.29 is 43.9 Å². The lowest BCUT2D eigenvalue weighted by molar-refractivity contribution is -0.769. The predicted octanol–water partition coefficient (Wildman–Crippen LogP) is 4.61. The first kappa shape index (κ1) is 37.9. The fourth-order valence-electron chi connectivity index (χ4n) is 5.89. The van der Waals surface area contributed by atoms with Gasteiger partial charge in [-0.05, 0) is 80.4 Å². The van der Waals surface area contributed by atoms with Crippen LogP contribution in [0.15, 0.2) is 18.2 Å². The smallest absolute Gasteiger partial charge is 0.404 e. The second kappa shape index (κ2) is 19.3. The first-order chi connectivity index (χ1) is 21.3. The highest BCUT2D eigenvalue weighted by Crippen LogP contribution is 2.32. The van der Waals surface area contributed by atoms with Crippen molar-refractivity contribution in [1.29, 1.82) is 0 Å². The Hall–Kier alpha value is -3.32. The molecule has 1 fully saturated rings. The standard InChI is InChI=1S/C32H53N3O10/c1-20(2)23(16-22-8-13-29(43-6)30(17-22)44-15-7-14-42-5)18-27(34-32(38)39)28(36)19-26(21(3)4)31(37)33-24-9-11-25(12-10-24)45-35(40)41/h8,13,17,20-21,23-28,34,36H,7,9-12,14-16,18-19H2,1-6H3,(H,33,37)(H,38,39)/t23-,24?,25?,26+,27+,28-/m1/s1. The van der Waals surface area contributed by atoms with E-state index in [9.17, 15) is 29.9 Å². The molecular formula is C32H53N3O10. The third kappa shape index (κ3) is 13.3. The van der Waals surface area contributed by atoms with Crippen LogP contribution in [0.5, 0.6) is 11.5 Å². The number of aliphatic hydroxyl groups is 1. The Morgan fingerprint density at radius 2 is 1.71 bits per heavy atom. The molecular weight excluding hydrogens is 586 g/mol. The molecule has 0 spiro atoms. The molecule has 1 saturated carbocycles. The van der Waals surface area contributed by atoms with Crippen molar-refractivity contribution in [3.63, 3.8) is 0 Å². The number of amides is 2. The number of benzene rings is 1. The van der Waals surface area contributed by atoms with Crippen molar-refractivity contribution in [2.45, 2.75) is 103 Å². The van der Waals surface area contributed by atoms with Crippen LogP contribution in [0.4, 0.5) is 4.79 Å². The van der Waals surface area contributed by atoms with Crippen molar-refractivity contribution in [3.8, 4) is 11.5 Å². The van der Waals surface area contributed by atoms with Crippen LogP contribution < -0.4 is 20.1 Å². The lowest BCUT2D eigenvalue weighted by atomic mass is 9.80. The number of nitrogens with one attached hydrogen (secondary N) is 2. The van der Waals surface area contributed by atoms with Crippen molar-refractivity contribution in [2.75, 3.05) is 27.4 Å². The largest absolute Gasteiger partial charge is 0.493 e. The number of hydrogen-bond acceptors (Lipinski definition) is 9. The maximum Gasteiger partial charge on any atom is 0.404 e. The van der Waals surface area contributed by atoms with Gasteiger partial charge in [-0.2, -0.15) is 0 Å². The highest BCUT2D eigenvalue weighted by molar-refractivity contribution is 5.79. The van der Waals surface area contributed by atoms with Gasteiger partial charge in [0.25, 0.3) is 5.09 Å². The van der Waals surface area contributed by atoms with Crippen molar-refractivity contribution in [1.82, 2.24) is 10.6 Å². The molecule has 2 rings (SSSR count). The van der Waals surface area contributed by atoms with Crippen LogP contribution in [-0.2, 0) is 20.8 Å². The molecule has 45 heavy (non-hydrogen) atoms. The lowest BCUT2D eigenvalue weighted by Crippen LogP contribution is -2.48. The summed E-state index contributed by atoms with van der Waals surface area (Å²) >= 11 is 0. The molecule has 13 heteroatoms. The van der Waals surface area contributed by atoms with Crippen LogP contribution in [0.3, 0.4) is 0 Å². The average molecular weight is 640 g/mol. The summed E-state index contributed by atoms with van der Waals surface area (Å²) in [6, 6.07) is 4.82. The molecule has 4 N–H and O–H groups in total. The van der Waals surface area contributed by atoms with Gasteiger partial charge in [0.05, 0.1) is 25.9 Å². The third-order valence-electron chi connectivity index (χ3n) is 8.64. The number of nitrogens with zero attached hydrogens (tertiary/aromatic N) is 1. The fraction of sp³-hybridized carbons (Fsp3) is 0.750.